The maximum atomic E-state index is 12.2. The zero-order chi connectivity index (χ0) is 24.2. The number of methoxy groups -OCH3 is 2. The van der Waals surface area contributed by atoms with E-state index in [0.717, 1.165) is 16.9 Å². The van der Waals surface area contributed by atoms with E-state index in [2.05, 4.69) is 0 Å². The summed E-state index contributed by atoms with van der Waals surface area (Å²) in [6, 6.07) is 16.2. The van der Waals surface area contributed by atoms with E-state index in [4.69, 9.17) is 18.9 Å². The largest absolute Gasteiger partial charge is 0.507 e. The van der Waals surface area contributed by atoms with E-state index in [9.17, 15) is 14.7 Å². The van der Waals surface area contributed by atoms with Crippen LogP contribution in [0.2, 0.25) is 0 Å². The molecule has 176 valence electrons. The molecule has 0 amide bonds. The SMILES string of the molecule is COc1ccc(CCOc2ccc([C@@H]3CC(=O)Oc4ccc(C(C)=O)c(O)c43)cc2OC)cc1. The van der Waals surface area contributed by atoms with Crippen LogP contribution in [0.5, 0.6) is 28.7 Å². The van der Waals surface area contributed by atoms with Crippen LogP contribution in [0.25, 0.3) is 0 Å². The molecule has 0 radical (unpaired) electrons. The van der Waals surface area contributed by atoms with Crippen LogP contribution in [0.1, 0.15) is 46.3 Å². The summed E-state index contributed by atoms with van der Waals surface area (Å²) in [5, 5.41) is 10.8. The van der Waals surface area contributed by atoms with Gasteiger partial charge in [-0.05, 0) is 54.4 Å². The van der Waals surface area contributed by atoms with E-state index in [1.54, 1.807) is 32.4 Å². The topological polar surface area (TPSA) is 91.3 Å². The van der Waals surface area contributed by atoms with Crippen LogP contribution in [0.15, 0.2) is 54.6 Å². The number of Topliss-reactive ketones (excluding diaryl/α,β-unsaturated/α-hetero) is 1. The summed E-state index contributed by atoms with van der Waals surface area (Å²) < 4.78 is 22.0. The van der Waals surface area contributed by atoms with E-state index < -0.39 is 11.9 Å². The van der Waals surface area contributed by atoms with Crippen molar-refractivity contribution in [2.75, 3.05) is 20.8 Å². The smallest absolute Gasteiger partial charge is 0.312 e. The lowest BCUT2D eigenvalue weighted by atomic mass is 9.84. The first-order valence-corrected chi connectivity index (χ1v) is 10.9. The van der Waals surface area contributed by atoms with Gasteiger partial charge in [0.25, 0.3) is 0 Å². The standard InChI is InChI=1S/C27H26O7/c1-16(28)20-9-11-23-26(27(20)30)21(15-25(29)34-23)18-6-10-22(24(14-18)32-3)33-13-12-17-4-7-19(31-2)8-5-17/h4-11,14,21,30H,12-13,15H2,1-3H3/t21-/m0/s1. The first-order chi connectivity index (χ1) is 16.4. The Bertz CT molecular complexity index is 1210. The first-order valence-electron chi connectivity index (χ1n) is 10.9. The maximum Gasteiger partial charge on any atom is 0.312 e. The number of hydrogen-bond acceptors (Lipinski definition) is 7. The molecular weight excluding hydrogens is 436 g/mol. The molecule has 1 aliphatic rings. The van der Waals surface area contributed by atoms with Gasteiger partial charge >= 0.3 is 5.97 Å². The Hall–Kier alpha value is -4.00. The Morgan fingerprint density at radius 2 is 1.79 bits per heavy atom. The fraction of sp³-hybridized carbons (Fsp3) is 0.259. The minimum Gasteiger partial charge on any atom is -0.507 e. The molecule has 0 unspecified atom stereocenters. The molecule has 0 aromatic heterocycles. The number of carbonyl (C=O) groups excluding carboxylic acids is 2. The summed E-state index contributed by atoms with van der Waals surface area (Å²) >= 11 is 0. The number of aromatic hydroxyl groups is 1. The van der Waals surface area contributed by atoms with E-state index in [1.807, 2.05) is 30.3 Å². The van der Waals surface area contributed by atoms with Crippen LogP contribution in [-0.2, 0) is 11.2 Å². The lowest BCUT2D eigenvalue weighted by Gasteiger charge is -2.27. The Morgan fingerprint density at radius 1 is 1.03 bits per heavy atom. The van der Waals surface area contributed by atoms with Crippen molar-refractivity contribution in [2.45, 2.75) is 25.7 Å². The molecule has 0 fully saturated rings. The molecule has 0 aliphatic carbocycles. The van der Waals surface area contributed by atoms with E-state index in [1.165, 1.54) is 13.0 Å². The number of phenolic OH excluding ortho intramolecular Hbond substituents is 1. The lowest BCUT2D eigenvalue weighted by Crippen LogP contribution is -2.21. The lowest BCUT2D eigenvalue weighted by molar-refractivity contribution is -0.135. The van der Waals surface area contributed by atoms with E-state index in [0.29, 0.717) is 30.1 Å². The number of rotatable bonds is 8. The third-order valence-electron chi connectivity index (χ3n) is 5.90. The third-order valence-corrected chi connectivity index (χ3v) is 5.90. The van der Waals surface area contributed by atoms with Gasteiger partial charge in [-0.25, -0.2) is 0 Å². The maximum absolute atomic E-state index is 12.2. The Kier molecular flexibility index (Phi) is 6.72. The van der Waals surface area contributed by atoms with Crippen LogP contribution >= 0.6 is 0 Å². The molecule has 7 heteroatoms. The number of ether oxygens (including phenoxy) is 4. The van der Waals surface area contributed by atoms with Gasteiger partial charge in [0.2, 0.25) is 0 Å². The number of phenols is 1. The highest BCUT2D eigenvalue weighted by Crippen LogP contribution is 2.46. The number of fused-ring (bicyclic) bond motifs is 1. The Morgan fingerprint density at radius 3 is 2.47 bits per heavy atom. The van der Waals surface area contributed by atoms with Crippen LogP contribution in [0, 0.1) is 0 Å². The summed E-state index contributed by atoms with van der Waals surface area (Å²) in [5.74, 6) is 0.800. The molecule has 1 aliphatic heterocycles. The van der Waals surface area contributed by atoms with Crippen LogP contribution < -0.4 is 18.9 Å². The molecule has 7 nitrogen and oxygen atoms in total. The molecule has 0 bridgehead atoms. The van der Waals surface area contributed by atoms with Crippen molar-refractivity contribution < 1.29 is 33.6 Å². The van der Waals surface area contributed by atoms with E-state index in [-0.39, 0.29) is 29.3 Å². The van der Waals surface area contributed by atoms with Gasteiger partial charge in [0.1, 0.15) is 17.2 Å². The number of hydrogen-bond donors (Lipinski definition) is 1. The van der Waals surface area contributed by atoms with Crippen molar-refractivity contribution in [2.24, 2.45) is 0 Å². The molecule has 0 saturated heterocycles. The zero-order valence-corrected chi connectivity index (χ0v) is 19.3. The zero-order valence-electron chi connectivity index (χ0n) is 19.3. The second-order valence-electron chi connectivity index (χ2n) is 8.02. The molecule has 1 N–H and O–H groups in total. The quantitative estimate of drug-likeness (QED) is 0.295. The van der Waals surface area contributed by atoms with Gasteiger partial charge in [0.05, 0.1) is 32.8 Å². The Balaban J connectivity index is 1.57. The number of ketones is 1. The second-order valence-corrected chi connectivity index (χ2v) is 8.02. The number of carbonyl (C=O) groups is 2. The molecule has 3 aromatic rings. The van der Waals surface area contributed by atoms with Crippen molar-refractivity contribution in [1.82, 2.24) is 0 Å². The van der Waals surface area contributed by atoms with Gasteiger partial charge < -0.3 is 24.1 Å². The fourth-order valence-corrected chi connectivity index (χ4v) is 4.11. The van der Waals surface area contributed by atoms with Gasteiger partial charge in [0.15, 0.2) is 17.3 Å². The monoisotopic (exact) mass is 462 g/mol. The molecule has 4 rings (SSSR count). The highest BCUT2D eigenvalue weighted by molar-refractivity contribution is 5.98. The summed E-state index contributed by atoms with van der Waals surface area (Å²) in [5.41, 5.74) is 2.47. The molecule has 34 heavy (non-hydrogen) atoms. The third kappa shape index (κ3) is 4.69. The van der Waals surface area contributed by atoms with Crippen LogP contribution in [0.4, 0.5) is 0 Å². The van der Waals surface area contributed by atoms with Gasteiger partial charge in [-0.3, -0.25) is 9.59 Å². The van der Waals surface area contributed by atoms with Gasteiger partial charge in [0, 0.05) is 17.9 Å². The normalized spacial score (nSPS) is 14.7. The minimum atomic E-state index is -0.488. The van der Waals surface area contributed by atoms with Crippen LogP contribution in [0.3, 0.4) is 0 Å². The molecule has 0 saturated carbocycles. The molecule has 1 atom stereocenters. The van der Waals surface area contributed by atoms with Gasteiger partial charge in [-0.1, -0.05) is 18.2 Å². The predicted octanol–water partition coefficient (Wildman–Crippen LogP) is 4.67. The van der Waals surface area contributed by atoms with Crippen LogP contribution in [-0.4, -0.2) is 37.7 Å². The summed E-state index contributed by atoms with van der Waals surface area (Å²) in [6.07, 6.45) is 0.737. The minimum absolute atomic E-state index is 0.0305. The fourth-order valence-electron chi connectivity index (χ4n) is 4.11. The summed E-state index contributed by atoms with van der Waals surface area (Å²) in [6.45, 7) is 1.83. The predicted molar refractivity (Wildman–Crippen MR) is 125 cm³/mol. The summed E-state index contributed by atoms with van der Waals surface area (Å²) in [7, 11) is 3.18. The van der Waals surface area contributed by atoms with Crippen molar-refractivity contribution in [3.8, 4) is 28.7 Å². The average molecular weight is 462 g/mol. The van der Waals surface area contributed by atoms with Crippen molar-refractivity contribution in [3.05, 3.63) is 76.9 Å². The van der Waals surface area contributed by atoms with Crippen molar-refractivity contribution in [3.63, 3.8) is 0 Å². The average Bonchev–Trinajstić information content (AvgIpc) is 2.84. The van der Waals surface area contributed by atoms with E-state index >= 15 is 0 Å². The molecule has 1 heterocycles. The number of esters is 1. The van der Waals surface area contributed by atoms with Gasteiger partial charge in [-0.15, -0.1) is 0 Å². The first kappa shape index (κ1) is 23.2. The molecular formula is C27H26O7. The Labute approximate surface area is 197 Å². The molecule has 3 aromatic carbocycles. The molecule has 0 spiro atoms. The van der Waals surface area contributed by atoms with Gasteiger partial charge in [-0.2, -0.15) is 0 Å². The second kappa shape index (κ2) is 9.87. The highest BCUT2D eigenvalue weighted by atomic mass is 16.5. The highest BCUT2D eigenvalue weighted by Gasteiger charge is 2.33. The van der Waals surface area contributed by atoms with Crippen molar-refractivity contribution in [1.29, 1.82) is 0 Å². The van der Waals surface area contributed by atoms with Crippen molar-refractivity contribution >= 4 is 11.8 Å². The number of benzene rings is 3. The summed E-state index contributed by atoms with van der Waals surface area (Å²) in [4.78, 5) is 24.2.